The third-order valence-corrected chi connectivity index (χ3v) is 4.70. The zero-order valence-electron chi connectivity index (χ0n) is 10.3. The Morgan fingerprint density at radius 3 is 2.30 bits per heavy atom. The molecular weight excluding hydrogens is 321 g/mol. The van der Waals surface area contributed by atoms with Crippen molar-refractivity contribution < 1.29 is 13.2 Å². The maximum absolute atomic E-state index is 12.1. The first-order valence-electron chi connectivity index (χ1n) is 5.51. The van der Waals surface area contributed by atoms with Crippen LogP contribution in [0.4, 0.5) is 0 Å². The number of carbonyl (C=O) groups excluding carboxylic acids is 1. The van der Waals surface area contributed by atoms with Gasteiger partial charge in [0.2, 0.25) is 5.78 Å². The molecule has 0 aromatic heterocycles. The van der Waals surface area contributed by atoms with E-state index in [2.05, 4.69) is 4.40 Å². The highest BCUT2D eigenvalue weighted by Crippen LogP contribution is 2.26. The van der Waals surface area contributed by atoms with Gasteiger partial charge in [0, 0.05) is 5.57 Å². The van der Waals surface area contributed by atoms with Gasteiger partial charge in [-0.2, -0.15) is 12.8 Å². The Bertz CT molecular complexity index is 762. The van der Waals surface area contributed by atoms with Crippen molar-refractivity contribution in [3.63, 3.8) is 0 Å². The van der Waals surface area contributed by atoms with Crippen molar-refractivity contribution in [1.82, 2.24) is 0 Å². The number of sulfonamides is 1. The lowest BCUT2D eigenvalue weighted by atomic mass is 10.0. The van der Waals surface area contributed by atoms with Crippen LogP contribution in [0.2, 0.25) is 0 Å². The molecule has 0 bridgehead atoms. The lowest BCUT2D eigenvalue weighted by Crippen LogP contribution is -2.14. The molecular formula is C13H9Cl2NO3S. The van der Waals surface area contributed by atoms with Crippen LogP contribution in [0.3, 0.4) is 0 Å². The van der Waals surface area contributed by atoms with Gasteiger partial charge in [-0.1, -0.05) is 41.4 Å². The van der Waals surface area contributed by atoms with Gasteiger partial charge in [-0.25, -0.2) is 0 Å². The fourth-order valence-electron chi connectivity index (χ4n) is 1.56. The summed E-state index contributed by atoms with van der Waals surface area (Å²) < 4.78 is 27.9. The van der Waals surface area contributed by atoms with Gasteiger partial charge in [0.1, 0.15) is 0 Å². The van der Waals surface area contributed by atoms with E-state index in [0.29, 0.717) is 0 Å². The Balaban J connectivity index is 2.54. The number of allylic oxidation sites excluding steroid dienone is 4. The Morgan fingerprint density at radius 1 is 1.10 bits per heavy atom. The van der Waals surface area contributed by atoms with Crippen LogP contribution in [-0.2, 0) is 14.8 Å². The summed E-state index contributed by atoms with van der Waals surface area (Å²) >= 11 is 11.7. The van der Waals surface area contributed by atoms with E-state index in [-0.39, 0.29) is 26.2 Å². The van der Waals surface area contributed by atoms with E-state index in [1.54, 1.807) is 18.2 Å². The first-order chi connectivity index (χ1) is 9.33. The molecule has 20 heavy (non-hydrogen) atoms. The van der Waals surface area contributed by atoms with Gasteiger partial charge in [0.25, 0.3) is 10.0 Å². The van der Waals surface area contributed by atoms with E-state index in [1.807, 2.05) is 0 Å². The lowest BCUT2D eigenvalue weighted by molar-refractivity contribution is -0.111. The van der Waals surface area contributed by atoms with Crippen LogP contribution in [0.5, 0.6) is 0 Å². The number of hydrogen-bond donors (Lipinski definition) is 0. The number of Topliss-reactive ketones (excluding diaryl/α,β-unsaturated/α-hetero) is 1. The van der Waals surface area contributed by atoms with Gasteiger partial charge >= 0.3 is 0 Å². The molecule has 0 atom stereocenters. The number of hydrogen-bond acceptors (Lipinski definition) is 3. The topological polar surface area (TPSA) is 63.6 Å². The van der Waals surface area contributed by atoms with Gasteiger partial charge in [-0.05, 0) is 25.1 Å². The van der Waals surface area contributed by atoms with Crippen LogP contribution < -0.4 is 0 Å². The largest absolute Gasteiger partial charge is 0.288 e. The Hall–Kier alpha value is -1.43. The highest BCUT2D eigenvalue weighted by atomic mass is 35.5. The number of rotatable bonds is 2. The molecule has 0 saturated heterocycles. The molecule has 0 unspecified atom stereocenters. The van der Waals surface area contributed by atoms with Gasteiger partial charge in [0.05, 0.1) is 20.7 Å². The molecule has 4 nitrogen and oxygen atoms in total. The third-order valence-electron chi connectivity index (χ3n) is 2.63. The fourth-order valence-corrected chi connectivity index (χ4v) is 3.05. The fraction of sp³-hybridized carbons (Fsp3) is 0.0769. The smallest absolute Gasteiger partial charge is 0.282 e. The normalized spacial score (nSPS) is 18.4. The number of halogens is 2. The minimum absolute atomic E-state index is 0.0149. The van der Waals surface area contributed by atoms with Crippen LogP contribution in [-0.4, -0.2) is 19.9 Å². The quantitative estimate of drug-likeness (QED) is 0.783. The molecule has 0 fully saturated rings. The number of carbonyl (C=O) groups is 1. The Kier molecular flexibility index (Phi) is 4.13. The van der Waals surface area contributed by atoms with E-state index in [1.165, 1.54) is 19.1 Å². The second kappa shape index (κ2) is 5.52. The maximum Gasteiger partial charge on any atom is 0.282 e. The SMILES string of the molecule is CC1=C(Cl)C(=NS(=O)(=O)c2ccccc2)C=C(Cl)C1=O. The van der Waals surface area contributed by atoms with E-state index in [0.717, 1.165) is 6.08 Å². The van der Waals surface area contributed by atoms with Gasteiger partial charge in [-0.3, -0.25) is 4.79 Å². The highest BCUT2D eigenvalue weighted by Gasteiger charge is 2.24. The summed E-state index contributed by atoms with van der Waals surface area (Å²) in [4.78, 5) is 11.6. The second-order valence-corrected chi connectivity index (χ2v) is 6.41. The van der Waals surface area contributed by atoms with Crippen molar-refractivity contribution in [2.45, 2.75) is 11.8 Å². The van der Waals surface area contributed by atoms with Crippen molar-refractivity contribution in [2.75, 3.05) is 0 Å². The minimum Gasteiger partial charge on any atom is -0.288 e. The molecule has 0 heterocycles. The molecule has 1 aliphatic carbocycles. The molecule has 0 amide bonds. The zero-order valence-corrected chi connectivity index (χ0v) is 12.6. The van der Waals surface area contributed by atoms with Crippen LogP contribution in [0.25, 0.3) is 0 Å². The van der Waals surface area contributed by atoms with Crippen LogP contribution in [0, 0.1) is 0 Å². The molecule has 1 aromatic rings. The van der Waals surface area contributed by atoms with E-state index >= 15 is 0 Å². The lowest BCUT2D eigenvalue weighted by Gasteiger charge is -2.11. The molecule has 1 aliphatic rings. The van der Waals surface area contributed by atoms with Gasteiger partial charge in [-0.15, -0.1) is 0 Å². The Labute approximate surface area is 126 Å². The molecule has 0 saturated carbocycles. The monoisotopic (exact) mass is 329 g/mol. The van der Waals surface area contributed by atoms with Crippen molar-refractivity contribution in [3.8, 4) is 0 Å². The predicted octanol–water partition coefficient (Wildman–Crippen LogP) is 3.03. The first-order valence-corrected chi connectivity index (χ1v) is 7.71. The van der Waals surface area contributed by atoms with Gasteiger partial charge in [0.15, 0.2) is 0 Å². The molecule has 104 valence electrons. The van der Waals surface area contributed by atoms with Crippen molar-refractivity contribution in [3.05, 3.63) is 52.0 Å². The Morgan fingerprint density at radius 2 is 1.70 bits per heavy atom. The van der Waals surface area contributed by atoms with Crippen LogP contribution in [0.1, 0.15) is 6.92 Å². The minimum atomic E-state index is -3.90. The highest BCUT2D eigenvalue weighted by molar-refractivity contribution is 7.90. The average Bonchev–Trinajstić information content (AvgIpc) is 2.43. The first kappa shape index (κ1) is 15.0. The van der Waals surface area contributed by atoms with Gasteiger partial charge < -0.3 is 0 Å². The standard InChI is InChI=1S/C13H9Cl2NO3S/c1-8-12(15)11(7-10(14)13(8)17)16-20(18,19)9-5-3-2-4-6-9/h2-7H,1H3. The summed E-state index contributed by atoms with van der Waals surface area (Å²) in [7, 11) is -3.90. The summed E-state index contributed by atoms with van der Waals surface area (Å²) in [5.41, 5.74) is 0.124. The maximum atomic E-state index is 12.1. The summed E-state index contributed by atoms with van der Waals surface area (Å²) in [6.45, 7) is 1.46. The molecule has 0 radical (unpaired) electrons. The average molecular weight is 330 g/mol. The van der Waals surface area contributed by atoms with Crippen molar-refractivity contribution >= 4 is 44.7 Å². The number of nitrogens with zero attached hydrogens (tertiary/aromatic N) is 1. The van der Waals surface area contributed by atoms with E-state index in [4.69, 9.17) is 23.2 Å². The molecule has 2 rings (SSSR count). The second-order valence-electron chi connectivity index (χ2n) is 4.03. The molecule has 7 heteroatoms. The van der Waals surface area contributed by atoms with E-state index in [9.17, 15) is 13.2 Å². The molecule has 0 spiro atoms. The predicted molar refractivity (Wildman–Crippen MR) is 78.6 cm³/mol. The summed E-state index contributed by atoms with van der Waals surface area (Å²) in [5.74, 6) is -0.437. The number of benzene rings is 1. The molecule has 1 aromatic carbocycles. The number of ketones is 1. The third kappa shape index (κ3) is 2.85. The molecule has 0 aliphatic heterocycles. The summed E-state index contributed by atoms with van der Waals surface area (Å²) in [5, 5.41) is -0.132. The van der Waals surface area contributed by atoms with Crippen LogP contribution in [0.15, 0.2) is 61.3 Å². The zero-order chi connectivity index (χ0) is 14.9. The summed E-state index contributed by atoms with van der Waals surface area (Å²) in [6.07, 6.45) is 1.15. The van der Waals surface area contributed by atoms with Crippen LogP contribution >= 0.6 is 23.2 Å². The molecule has 0 N–H and O–H groups in total. The van der Waals surface area contributed by atoms with Crippen molar-refractivity contribution in [2.24, 2.45) is 4.40 Å². The van der Waals surface area contributed by atoms with E-state index < -0.39 is 15.8 Å². The summed E-state index contributed by atoms with van der Waals surface area (Å²) in [6, 6.07) is 7.71. The van der Waals surface area contributed by atoms with Crippen molar-refractivity contribution in [1.29, 1.82) is 0 Å².